The van der Waals surface area contributed by atoms with Crippen molar-refractivity contribution in [3.63, 3.8) is 0 Å². The van der Waals surface area contributed by atoms with Gasteiger partial charge in [-0.1, -0.05) is 29.8 Å². The van der Waals surface area contributed by atoms with E-state index in [2.05, 4.69) is 0 Å². The molecule has 0 N–H and O–H groups in total. The van der Waals surface area contributed by atoms with Crippen molar-refractivity contribution in [1.29, 1.82) is 0 Å². The Morgan fingerprint density at radius 3 is 2.54 bits per heavy atom. The molecule has 0 radical (unpaired) electrons. The highest BCUT2D eigenvalue weighted by Crippen LogP contribution is 2.61. The number of carbonyl (C=O) groups is 3. The largest absolute Gasteiger partial charge is 0.417 e. The molecule has 6 rings (SSSR count). The number of likely N-dealkylation sites (N-methyl/N-ethyl adjacent to an activating group) is 1. The molecule has 0 saturated carbocycles. The summed E-state index contributed by atoms with van der Waals surface area (Å²) in [5, 5.41) is -0.516. The van der Waals surface area contributed by atoms with Crippen LogP contribution in [0, 0.1) is 11.8 Å². The molecule has 4 aliphatic rings. The quantitative estimate of drug-likeness (QED) is 0.576. The molecule has 2 aromatic rings. The fourth-order valence-corrected chi connectivity index (χ4v) is 7.00. The monoisotopic (exact) mass is 503 g/mol. The second-order valence-electron chi connectivity index (χ2n) is 9.41. The molecule has 0 bridgehead atoms. The number of carbonyl (C=O) groups excluding carboxylic acids is 3. The smallest absolute Gasteiger partial charge is 0.310 e. The van der Waals surface area contributed by atoms with Gasteiger partial charge in [0.2, 0.25) is 11.8 Å². The van der Waals surface area contributed by atoms with Crippen LogP contribution in [0.1, 0.15) is 30.9 Å². The minimum absolute atomic E-state index is 0.183. The summed E-state index contributed by atoms with van der Waals surface area (Å²) < 4.78 is 40.6. The Morgan fingerprint density at radius 2 is 1.83 bits per heavy atom. The number of amides is 3. The lowest BCUT2D eigenvalue weighted by atomic mass is 9.75. The molecule has 0 aliphatic carbocycles. The topological polar surface area (TPSA) is 60.9 Å². The molecule has 4 heterocycles. The van der Waals surface area contributed by atoms with Gasteiger partial charge < -0.3 is 4.90 Å². The zero-order valence-corrected chi connectivity index (χ0v) is 19.4. The standard InChI is InChI=1S/C25H21ClF3N3O3/c1-2-30-17-7-4-3-6-14(17)24(23(30)35)20-19(18-8-5-11-31(18)24)21(33)32(22(20)34)13-9-10-16(26)15(12-13)25(27,28)29/h3-4,6-7,9-10,12,18-20H,2,5,8,11H2,1H3/t18-,19+,20+,24+/m1/s1. The Morgan fingerprint density at radius 1 is 1.09 bits per heavy atom. The second kappa shape index (κ2) is 7.30. The van der Waals surface area contributed by atoms with Gasteiger partial charge in [-0.25, -0.2) is 4.90 Å². The lowest BCUT2D eigenvalue weighted by Gasteiger charge is -2.37. The van der Waals surface area contributed by atoms with Gasteiger partial charge in [0.1, 0.15) is 5.54 Å². The first-order valence-electron chi connectivity index (χ1n) is 11.6. The Kier molecular flexibility index (Phi) is 4.70. The van der Waals surface area contributed by atoms with E-state index in [0.717, 1.165) is 23.5 Å². The summed E-state index contributed by atoms with van der Waals surface area (Å²) in [5.74, 6) is -3.30. The number of hydrogen-bond acceptors (Lipinski definition) is 4. The van der Waals surface area contributed by atoms with Gasteiger partial charge in [0.25, 0.3) is 5.91 Å². The number of para-hydroxylation sites is 1. The van der Waals surface area contributed by atoms with Crippen molar-refractivity contribution < 1.29 is 27.6 Å². The first-order valence-corrected chi connectivity index (χ1v) is 11.9. The molecule has 3 fully saturated rings. The average molecular weight is 504 g/mol. The third-order valence-electron chi connectivity index (χ3n) is 7.97. The third-order valence-corrected chi connectivity index (χ3v) is 8.30. The van der Waals surface area contributed by atoms with E-state index in [1.165, 1.54) is 6.07 Å². The first kappa shape index (κ1) is 22.5. The first-order chi connectivity index (χ1) is 16.6. The number of alkyl halides is 3. The molecule has 35 heavy (non-hydrogen) atoms. The van der Waals surface area contributed by atoms with E-state index in [9.17, 15) is 27.6 Å². The number of hydrogen-bond donors (Lipinski definition) is 0. The molecular weight excluding hydrogens is 483 g/mol. The normalized spacial score (nSPS) is 30.0. The maximum Gasteiger partial charge on any atom is 0.417 e. The van der Waals surface area contributed by atoms with Gasteiger partial charge in [-0.3, -0.25) is 19.3 Å². The van der Waals surface area contributed by atoms with Crippen molar-refractivity contribution >= 4 is 40.7 Å². The fraction of sp³-hybridized carbons (Fsp3) is 0.400. The van der Waals surface area contributed by atoms with Crippen molar-refractivity contribution in [2.75, 3.05) is 22.9 Å². The molecule has 1 spiro atoms. The highest BCUT2D eigenvalue weighted by molar-refractivity contribution is 6.32. The van der Waals surface area contributed by atoms with Crippen LogP contribution in [0.25, 0.3) is 0 Å². The lowest BCUT2D eigenvalue weighted by Crippen LogP contribution is -2.56. The van der Waals surface area contributed by atoms with Crippen LogP contribution in [0.15, 0.2) is 42.5 Å². The zero-order valence-electron chi connectivity index (χ0n) is 18.7. The molecule has 10 heteroatoms. The van der Waals surface area contributed by atoms with E-state index in [1.807, 2.05) is 30.0 Å². The van der Waals surface area contributed by atoms with Crippen LogP contribution in [0.2, 0.25) is 5.02 Å². The maximum atomic E-state index is 14.1. The maximum absolute atomic E-state index is 14.1. The van der Waals surface area contributed by atoms with Crippen molar-refractivity contribution in [2.45, 2.75) is 37.5 Å². The predicted octanol–water partition coefficient (Wildman–Crippen LogP) is 4.20. The van der Waals surface area contributed by atoms with Crippen LogP contribution < -0.4 is 9.80 Å². The van der Waals surface area contributed by atoms with E-state index >= 15 is 0 Å². The number of benzene rings is 2. The summed E-state index contributed by atoms with van der Waals surface area (Å²) in [5.41, 5.74) is -1.26. The molecule has 0 unspecified atom stereocenters. The number of imide groups is 1. The second-order valence-corrected chi connectivity index (χ2v) is 9.82. The van der Waals surface area contributed by atoms with Crippen LogP contribution in [0.5, 0.6) is 0 Å². The number of halogens is 4. The molecule has 6 nitrogen and oxygen atoms in total. The average Bonchev–Trinajstić information content (AvgIpc) is 3.51. The SMILES string of the molecule is CCN1C(=O)[C@]2(c3ccccc31)[C@@H]1C(=O)N(c3ccc(Cl)c(C(F)(F)F)c3)C(=O)[C@H]1[C@H]1CCCN12. The number of fused-ring (bicyclic) bond motifs is 7. The minimum atomic E-state index is -4.75. The lowest BCUT2D eigenvalue weighted by molar-refractivity contribution is -0.137. The van der Waals surface area contributed by atoms with Gasteiger partial charge in [0, 0.05) is 23.8 Å². The number of anilines is 2. The van der Waals surface area contributed by atoms with Crippen LogP contribution >= 0.6 is 11.6 Å². The zero-order chi connectivity index (χ0) is 24.9. The molecule has 3 saturated heterocycles. The van der Waals surface area contributed by atoms with Gasteiger partial charge in [-0.2, -0.15) is 13.2 Å². The van der Waals surface area contributed by atoms with Crippen LogP contribution in [-0.4, -0.2) is 41.8 Å². The van der Waals surface area contributed by atoms with Crippen molar-refractivity contribution in [3.8, 4) is 0 Å². The van der Waals surface area contributed by atoms with Crippen LogP contribution in [0.4, 0.5) is 24.5 Å². The summed E-state index contributed by atoms with van der Waals surface area (Å²) >= 11 is 5.77. The fourth-order valence-electron chi connectivity index (χ4n) is 6.78. The predicted molar refractivity (Wildman–Crippen MR) is 122 cm³/mol. The van der Waals surface area contributed by atoms with Crippen molar-refractivity contribution in [3.05, 3.63) is 58.6 Å². The van der Waals surface area contributed by atoms with Gasteiger partial charge >= 0.3 is 6.18 Å². The Bertz CT molecular complexity index is 1300. The molecule has 4 atom stereocenters. The van der Waals surface area contributed by atoms with E-state index in [-0.39, 0.29) is 17.6 Å². The third kappa shape index (κ3) is 2.68. The number of nitrogens with zero attached hydrogens (tertiary/aromatic N) is 3. The van der Waals surface area contributed by atoms with Gasteiger partial charge in [-0.15, -0.1) is 0 Å². The van der Waals surface area contributed by atoms with Gasteiger partial charge in [0.15, 0.2) is 0 Å². The highest BCUT2D eigenvalue weighted by atomic mass is 35.5. The van der Waals surface area contributed by atoms with Gasteiger partial charge in [0.05, 0.1) is 28.1 Å². The van der Waals surface area contributed by atoms with Crippen LogP contribution in [-0.2, 0) is 26.1 Å². The summed E-state index contributed by atoms with van der Waals surface area (Å²) in [4.78, 5) is 46.3. The Hall–Kier alpha value is -2.91. The molecule has 2 aromatic carbocycles. The van der Waals surface area contributed by atoms with Gasteiger partial charge in [-0.05, 0) is 50.6 Å². The van der Waals surface area contributed by atoms with E-state index in [1.54, 1.807) is 11.0 Å². The summed E-state index contributed by atoms with van der Waals surface area (Å²) in [6.07, 6.45) is -3.36. The molecular formula is C25H21ClF3N3O3. The summed E-state index contributed by atoms with van der Waals surface area (Å²) in [7, 11) is 0. The highest BCUT2D eigenvalue weighted by Gasteiger charge is 2.75. The van der Waals surface area contributed by atoms with E-state index in [0.29, 0.717) is 30.8 Å². The molecule has 182 valence electrons. The molecule has 3 amide bonds. The summed E-state index contributed by atoms with van der Waals surface area (Å²) in [6, 6.07) is 9.96. The summed E-state index contributed by atoms with van der Waals surface area (Å²) in [6.45, 7) is 2.81. The minimum Gasteiger partial charge on any atom is -0.310 e. The Balaban J connectivity index is 1.53. The molecule has 0 aromatic heterocycles. The van der Waals surface area contributed by atoms with Crippen molar-refractivity contribution in [1.82, 2.24) is 4.90 Å². The number of rotatable bonds is 2. The van der Waals surface area contributed by atoms with E-state index < -0.39 is 46.0 Å². The molecule has 4 aliphatic heterocycles. The van der Waals surface area contributed by atoms with Crippen molar-refractivity contribution in [2.24, 2.45) is 11.8 Å². The van der Waals surface area contributed by atoms with E-state index in [4.69, 9.17) is 11.6 Å². The van der Waals surface area contributed by atoms with Crippen LogP contribution in [0.3, 0.4) is 0 Å². The Labute approximate surface area is 204 Å².